The largest absolute Gasteiger partial charge is 0.290 e. The minimum Gasteiger partial charge on any atom is -0.290 e. The third-order valence-corrected chi connectivity index (χ3v) is 2.01. The molecule has 0 heterocycles. The first kappa shape index (κ1) is 10.3. The second-order valence-corrected chi connectivity index (χ2v) is 3.35. The van der Waals surface area contributed by atoms with Gasteiger partial charge in [-0.15, -0.1) is 0 Å². The average molecular weight is 202 g/mol. The summed E-state index contributed by atoms with van der Waals surface area (Å²) >= 11 is 0. The summed E-state index contributed by atoms with van der Waals surface area (Å²) in [6.45, 7) is 0.824. The molecule has 70 valence electrons. The van der Waals surface area contributed by atoms with Crippen LogP contribution < -0.4 is 0 Å². The van der Waals surface area contributed by atoms with Crippen LogP contribution in [0.15, 0.2) is 24.3 Å². The summed E-state index contributed by atoms with van der Waals surface area (Å²) in [4.78, 5) is 10.8. The van der Waals surface area contributed by atoms with Gasteiger partial charge in [0.25, 0.3) is 5.92 Å². The fourth-order valence-corrected chi connectivity index (χ4v) is 1.12. The van der Waals surface area contributed by atoms with Crippen molar-refractivity contribution in [2.45, 2.75) is 12.8 Å². The zero-order valence-corrected chi connectivity index (χ0v) is 8.21. The van der Waals surface area contributed by atoms with E-state index in [2.05, 4.69) is 0 Å². The molecule has 1 unspecified atom stereocenters. The molecule has 0 spiro atoms. The van der Waals surface area contributed by atoms with Crippen LogP contribution in [0.25, 0.3) is 0 Å². The molecule has 0 aliphatic heterocycles. The lowest BCUT2D eigenvalue weighted by atomic mass is 10.1. The van der Waals surface area contributed by atoms with Gasteiger partial charge in [0.15, 0.2) is 5.52 Å². The maximum Gasteiger partial charge on any atom is 0.270 e. The summed E-state index contributed by atoms with van der Waals surface area (Å²) in [5.74, 6) is -2.84. The van der Waals surface area contributed by atoms with Crippen molar-refractivity contribution in [1.29, 1.82) is 0 Å². The first-order valence-corrected chi connectivity index (χ1v) is 4.27. The first-order valence-electron chi connectivity index (χ1n) is 3.69. The quantitative estimate of drug-likeness (QED) is 0.674. The second kappa shape index (κ2) is 3.51. The monoisotopic (exact) mass is 202 g/mol. The van der Waals surface area contributed by atoms with Crippen molar-refractivity contribution in [3.8, 4) is 0 Å². The lowest BCUT2D eigenvalue weighted by molar-refractivity contribution is 0.0174. The van der Waals surface area contributed by atoms with Gasteiger partial charge in [-0.1, -0.05) is 33.5 Å². The topological polar surface area (TPSA) is 17.1 Å². The summed E-state index contributed by atoms with van der Waals surface area (Å²) in [6, 6.07) is 5.30. The minimum absolute atomic E-state index is 0.0810. The molecule has 0 aromatic heterocycles. The summed E-state index contributed by atoms with van der Waals surface area (Å²) in [5.41, 5.74) is 0.131. The highest BCUT2D eigenvalue weighted by Crippen LogP contribution is 2.26. The molecule has 0 amide bonds. The lowest BCUT2D eigenvalue weighted by Gasteiger charge is -2.09. The van der Waals surface area contributed by atoms with Crippen molar-refractivity contribution < 1.29 is 13.6 Å². The van der Waals surface area contributed by atoms with Gasteiger partial charge < -0.3 is 0 Å². The van der Waals surface area contributed by atoms with E-state index in [1.807, 2.05) is 9.24 Å². The highest BCUT2D eigenvalue weighted by atomic mass is 31.0. The van der Waals surface area contributed by atoms with Crippen molar-refractivity contribution >= 4 is 14.8 Å². The molecule has 0 N–H and O–H groups in total. The molecule has 0 saturated carbocycles. The SMILES string of the molecule is CC(F)(F)c1ccc(C(=O)P)cc1. The van der Waals surface area contributed by atoms with Crippen molar-refractivity contribution in [2.75, 3.05) is 0 Å². The van der Waals surface area contributed by atoms with E-state index in [-0.39, 0.29) is 11.1 Å². The van der Waals surface area contributed by atoms with Gasteiger partial charge in [-0.3, -0.25) is 4.79 Å². The van der Waals surface area contributed by atoms with E-state index < -0.39 is 5.92 Å². The molecule has 4 heteroatoms. The van der Waals surface area contributed by atoms with Crippen molar-refractivity contribution in [2.24, 2.45) is 0 Å². The van der Waals surface area contributed by atoms with Crippen LogP contribution in [-0.4, -0.2) is 5.52 Å². The molecule has 1 rings (SSSR count). The minimum atomic E-state index is -2.84. The van der Waals surface area contributed by atoms with Gasteiger partial charge in [0, 0.05) is 18.1 Å². The van der Waals surface area contributed by atoms with Crippen LogP contribution in [0.1, 0.15) is 22.8 Å². The fraction of sp³-hybridized carbons (Fsp3) is 0.222. The number of carbonyl (C=O) groups is 1. The standard InChI is InChI=1S/C9H9F2OP/c1-9(10,11)7-4-2-6(3-5-7)8(12)13/h2-5H,13H2,1H3. The Labute approximate surface area is 77.3 Å². The zero-order valence-electron chi connectivity index (χ0n) is 7.05. The van der Waals surface area contributed by atoms with Crippen LogP contribution in [0, 0.1) is 0 Å². The number of halogens is 2. The number of hydrogen-bond acceptors (Lipinski definition) is 1. The molecule has 13 heavy (non-hydrogen) atoms. The molecule has 1 aromatic carbocycles. The molecule has 0 radical (unpaired) electrons. The normalized spacial score (nSPS) is 11.4. The summed E-state index contributed by atoms with van der Waals surface area (Å²) < 4.78 is 25.4. The van der Waals surface area contributed by atoms with Gasteiger partial charge in [-0.2, -0.15) is 0 Å². The summed E-state index contributed by atoms with van der Waals surface area (Å²) in [5, 5.41) is 0. The van der Waals surface area contributed by atoms with E-state index in [0.29, 0.717) is 5.56 Å². The smallest absolute Gasteiger partial charge is 0.270 e. The molecule has 0 bridgehead atoms. The van der Waals surface area contributed by atoms with E-state index in [9.17, 15) is 13.6 Å². The van der Waals surface area contributed by atoms with Gasteiger partial charge in [0.05, 0.1) is 0 Å². The number of carbonyl (C=O) groups excluding carboxylic acids is 1. The number of alkyl halides is 2. The highest BCUT2D eigenvalue weighted by Gasteiger charge is 2.23. The second-order valence-electron chi connectivity index (χ2n) is 2.83. The van der Waals surface area contributed by atoms with Crippen LogP contribution in [0.3, 0.4) is 0 Å². The molecule has 0 aliphatic rings. The van der Waals surface area contributed by atoms with Gasteiger partial charge >= 0.3 is 0 Å². The lowest BCUT2D eigenvalue weighted by Crippen LogP contribution is -2.06. The van der Waals surface area contributed by atoms with Gasteiger partial charge in [0.2, 0.25) is 0 Å². The number of benzene rings is 1. The predicted molar refractivity (Wildman–Crippen MR) is 50.1 cm³/mol. The van der Waals surface area contributed by atoms with Gasteiger partial charge in [0.1, 0.15) is 0 Å². The Morgan fingerprint density at radius 1 is 1.31 bits per heavy atom. The Kier molecular flexibility index (Phi) is 2.77. The van der Waals surface area contributed by atoms with Crippen LogP contribution in [0.5, 0.6) is 0 Å². The van der Waals surface area contributed by atoms with Crippen LogP contribution in [-0.2, 0) is 5.92 Å². The zero-order chi connectivity index (χ0) is 10.1. The molecular weight excluding hydrogens is 193 g/mol. The van der Waals surface area contributed by atoms with Gasteiger partial charge in [-0.05, 0) is 0 Å². The summed E-state index contributed by atoms with van der Waals surface area (Å²) in [7, 11) is 1.99. The van der Waals surface area contributed by atoms with E-state index in [1.54, 1.807) is 0 Å². The molecule has 1 atom stereocenters. The summed E-state index contributed by atoms with van der Waals surface area (Å²) in [6.07, 6.45) is 0. The maximum absolute atomic E-state index is 12.7. The van der Waals surface area contributed by atoms with E-state index >= 15 is 0 Å². The van der Waals surface area contributed by atoms with Crippen LogP contribution in [0.4, 0.5) is 8.78 Å². The first-order chi connectivity index (χ1) is 5.91. The molecular formula is C9H9F2OP. The van der Waals surface area contributed by atoms with Crippen molar-refractivity contribution in [1.82, 2.24) is 0 Å². The number of rotatable bonds is 2. The van der Waals surface area contributed by atoms with Crippen molar-refractivity contribution in [3.63, 3.8) is 0 Å². The Morgan fingerprint density at radius 3 is 2.08 bits per heavy atom. The maximum atomic E-state index is 12.7. The Balaban J connectivity index is 3.01. The predicted octanol–water partition coefficient (Wildman–Crippen LogP) is 2.81. The van der Waals surface area contributed by atoms with Crippen LogP contribution in [0.2, 0.25) is 0 Å². The molecule has 1 aromatic rings. The average Bonchev–Trinajstić information content (AvgIpc) is 2.03. The fourth-order valence-electron chi connectivity index (χ4n) is 0.927. The van der Waals surface area contributed by atoms with Gasteiger partial charge in [-0.25, -0.2) is 8.78 Å². The van der Waals surface area contributed by atoms with E-state index in [1.165, 1.54) is 24.3 Å². The molecule has 0 saturated heterocycles. The van der Waals surface area contributed by atoms with Crippen LogP contribution >= 0.6 is 9.24 Å². The molecule has 1 nitrogen and oxygen atoms in total. The molecule has 0 fully saturated rings. The molecule has 0 aliphatic carbocycles. The Hall–Kier alpha value is -0.820. The Morgan fingerprint density at radius 2 is 1.77 bits per heavy atom. The van der Waals surface area contributed by atoms with E-state index in [4.69, 9.17) is 0 Å². The van der Waals surface area contributed by atoms with Crippen molar-refractivity contribution in [3.05, 3.63) is 35.4 Å². The van der Waals surface area contributed by atoms with E-state index in [0.717, 1.165) is 6.92 Å². The Bertz CT molecular complexity index is 313. The third kappa shape index (κ3) is 2.56. The number of hydrogen-bond donors (Lipinski definition) is 0. The highest BCUT2D eigenvalue weighted by molar-refractivity contribution is 7.41. The third-order valence-electron chi connectivity index (χ3n) is 1.68.